The van der Waals surface area contributed by atoms with E-state index in [1.54, 1.807) is 0 Å². The van der Waals surface area contributed by atoms with Crippen molar-refractivity contribution >= 4 is 23.9 Å². The van der Waals surface area contributed by atoms with Gasteiger partial charge >= 0.3 is 0 Å². The zero-order valence-corrected chi connectivity index (χ0v) is 8.22. The normalized spacial score (nSPS) is 3.75. The van der Waals surface area contributed by atoms with Gasteiger partial charge in [-0.1, -0.05) is 26.7 Å². The van der Waals surface area contributed by atoms with Gasteiger partial charge in [0.25, 0.3) is 0 Å². The summed E-state index contributed by atoms with van der Waals surface area (Å²) in [5.74, 6) is 0. The second-order valence-corrected chi connectivity index (χ2v) is 1.000. The summed E-state index contributed by atoms with van der Waals surface area (Å²) in [6, 6.07) is 0. The van der Waals surface area contributed by atoms with Gasteiger partial charge in [-0.15, -0.1) is 0 Å². The molecule has 0 rings (SSSR count). The van der Waals surface area contributed by atoms with Crippen molar-refractivity contribution < 1.29 is 16.4 Å². The maximum Gasteiger partial charge on any atom is 0 e. The van der Waals surface area contributed by atoms with Crippen molar-refractivity contribution in [2.45, 2.75) is 26.7 Å². The molecule has 0 amide bonds. The Morgan fingerprint density at radius 1 is 0.875 bits per heavy atom. The Kier molecular flexibility index (Phi) is 226. The van der Waals surface area contributed by atoms with E-state index in [0.717, 1.165) is 0 Å². The van der Waals surface area contributed by atoms with E-state index in [1.165, 1.54) is 12.8 Å². The SMILES string of the molecule is CCCC.O.O.[OH-].[Sn]. The Hall–Kier alpha value is 0.679. The second-order valence-electron chi connectivity index (χ2n) is 1.000. The molecule has 0 aliphatic carbocycles. The molecule has 0 saturated carbocycles. The summed E-state index contributed by atoms with van der Waals surface area (Å²) >= 11 is 0. The monoisotopic (exact) mass is 231 g/mol. The summed E-state index contributed by atoms with van der Waals surface area (Å²) in [6.45, 7) is 4.36. The van der Waals surface area contributed by atoms with Crippen LogP contribution in [0.4, 0.5) is 0 Å². The first-order valence-electron chi connectivity index (χ1n) is 1.91. The van der Waals surface area contributed by atoms with Crippen molar-refractivity contribution in [2.24, 2.45) is 0 Å². The minimum atomic E-state index is 0. The van der Waals surface area contributed by atoms with Crippen LogP contribution >= 0.6 is 0 Å². The van der Waals surface area contributed by atoms with Crippen LogP contribution in [-0.2, 0) is 0 Å². The number of hydrogen-bond acceptors (Lipinski definition) is 1. The van der Waals surface area contributed by atoms with Crippen LogP contribution in [0, 0.1) is 0 Å². The molecule has 0 spiro atoms. The van der Waals surface area contributed by atoms with E-state index in [1.807, 2.05) is 0 Å². The molecule has 0 heterocycles. The third-order valence-electron chi connectivity index (χ3n) is 0.500. The van der Waals surface area contributed by atoms with E-state index in [4.69, 9.17) is 0 Å². The molecule has 8 heavy (non-hydrogen) atoms. The summed E-state index contributed by atoms with van der Waals surface area (Å²) < 4.78 is 0. The molecule has 4 heteroatoms. The topological polar surface area (TPSA) is 93.0 Å². The van der Waals surface area contributed by atoms with Crippen molar-refractivity contribution in [3.8, 4) is 0 Å². The molecule has 0 aliphatic heterocycles. The summed E-state index contributed by atoms with van der Waals surface area (Å²) in [5, 5.41) is 0. The summed E-state index contributed by atoms with van der Waals surface area (Å²) in [5.41, 5.74) is 0. The number of hydrogen-bond donors (Lipinski definition) is 0. The number of rotatable bonds is 1. The Bertz CT molecular complexity index is 13.2. The van der Waals surface area contributed by atoms with E-state index in [-0.39, 0.29) is 40.3 Å². The summed E-state index contributed by atoms with van der Waals surface area (Å²) in [4.78, 5) is 0. The van der Waals surface area contributed by atoms with Crippen LogP contribution in [0.3, 0.4) is 0 Å². The largest absolute Gasteiger partial charge is 0.870 e. The Morgan fingerprint density at radius 2 is 1.00 bits per heavy atom. The van der Waals surface area contributed by atoms with E-state index in [2.05, 4.69) is 13.8 Å². The van der Waals surface area contributed by atoms with Crippen molar-refractivity contribution in [1.29, 1.82) is 0 Å². The van der Waals surface area contributed by atoms with Gasteiger partial charge in [0.2, 0.25) is 0 Å². The molecular formula is C4H15O3Sn-. The fourth-order valence-corrected chi connectivity index (χ4v) is 0. The Morgan fingerprint density at radius 3 is 1.00 bits per heavy atom. The van der Waals surface area contributed by atoms with Crippen molar-refractivity contribution in [1.82, 2.24) is 0 Å². The Balaban J connectivity index is -0.00000000750. The molecule has 0 saturated heterocycles. The van der Waals surface area contributed by atoms with Crippen LogP contribution in [-0.4, -0.2) is 40.3 Å². The predicted octanol–water partition coefficient (Wildman–Crippen LogP) is -0.401. The minimum absolute atomic E-state index is 0. The van der Waals surface area contributed by atoms with Gasteiger partial charge < -0.3 is 16.4 Å². The maximum absolute atomic E-state index is 2.18. The van der Waals surface area contributed by atoms with E-state index < -0.39 is 0 Å². The molecule has 0 atom stereocenters. The molecule has 0 bridgehead atoms. The van der Waals surface area contributed by atoms with Gasteiger partial charge in [-0.2, -0.15) is 0 Å². The van der Waals surface area contributed by atoms with Gasteiger partial charge in [0.15, 0.2) is 0 Å². The molecular weight excluding hydrogens is 215 g/mol. The van der Waals surface area contributed by atoms with E-state index in [0.29, 0.717) is 0 Å². The van der Waals surface area contributed by atoms with Crippen molar-refractivity contribution in [3.63, 3.8) is 0 Å². The van der Waals surface area contributed by atoms with Crippen LogP contribution in [0.25, 0.3) is 0 Å². The van der Waals surface area contributed by atoms with Gasteiger partial charge in [-0.3, -0.25) is 0 Å². The first-order valence-corrected chi connectivity index (χ1v) is 1.91. The van der Waals surface area contributed by atoms with Crippen LogP contribution in [0.1, 0.15) is 26.7 Å². The average Bonchev–Trinajstić information content (AvgIpc) is 1.37. The average molecular weight is 230 g/mol. The zero-order chi connectivity index (χ0) is 3.41. The third-order valence-corrected chi connectivity index (χ3v) is 0.500. The van der Waals surface area contributed by atoms with Gasteiger partial charge in [-0.05, 0) is 0 Å². The molecule has 0 aromatic rings. The van der Waals surface area contributed by atoms with E-state index >= 15 is 0 Å². The van der Waals surface area contributed by atoms with Gasteiger partial charge in [-0.25, -0.2) is 0 Å². The molecule has 54 valence electrons. The molecule has 0 aromatic heterocycles. The van der Waals surface area contributed by atoms with Gasteiger partial charge in [0.05, 0.1) is 0 Å². The van der Waals surface area contributed by atoms with Crippen molar-refractivity contribution in [2.75, 3.05) is 0 Å². The molecule has 0 aliphatic rings. The number of unbranched alkanes of at least 4 members (excludes halogenated alkanes) is 1. The molecule has 0 fully saturated rings. The fraction of sp³-hybridized carbons (Fsp3) is 1.00. The quantitative estimate of drug-likeness (QED) is 0.563. The standard InChI is InChI=1S/C4H10.3H2O.Sn/c1-3-4-2;;;;/h3-4H2,1-2H3;3*1H2;/p-1. The molecule has 4 radical (unpaired) electrons. The second kappa shape index (κ2) is 47.7. The van der Waals surface area contributed by atoms with Crippen LogP contribution in [0.5, 0.6) is 0 Å². The van der Waals surface area contributed by atoms with Gasteiger partial charge in [0, 0.05) is 23.9 Å². The van der Waals surface area contributed by atoms with Gasteiger partial charge in [0.1, 0.15) is 0 Å². The molecule has 0 aromatic carbocycles. The third kappa shape index (κ3) is 76.4. The van der Waals surface area contributed by atoms with Crippen LogP contribution < -0.4 is 0 Å². The first-order chi connectivity index (χ1) is 1.91. The summed E-state index contributed by atoms with van der Waals surface area (Å²) in [6.07, 6.45) is 2.64. The molecule has 5 N–H and O–H groups in total. The van der Waals surface area contributed by atoms with E-state index in [9.17, 15) is 0 Å². The zero-order valence-electron chi connectivity index (χ0n) is 5.36. The molecule has 0 unspecified atom stereocenters. The minimum Gasteiger partial charge on any atom is -0.870 e. The Labute approximate surface area is 67.4 Å². The predicted molar refractivity (Wildman–Crippen MR) is 35.5 cm³/mol. The fourth-order valence-electron chi connectivity index (χ4n) is 0. The van der Waals surface area contributed by atoms with Crippen molar-refractivity contribution in [3.05, 3.63) is 0 Å². The summed E-state index contributed by atoms with van der Waals surface area (Å²) in [7, 11) is 0. The van der Waals surface area contributed by atoms with Crippen LogP contribution in [0.15, 0.2) is 0 Å². The van der Waals surface area contributed by atoms with Crippen LogP contribution in [0.2, 0.25) is 0 Å². The maximum atomic E-state index is 2.18. The molecule has 3 nitrogen and oxygen atoms in total. The first kappa shape index (κ1) is 37.8. The smallest absolute Gasteiger partial charge is 0 e.